The fourth-order valence-corrected chi connectivity index (χ4v) is 2.02. The maximum Gasteiger partial charge on any atom is 0.259 e. The predicted octanol–water partition coefficient (Wildman–Crippen LogP) is 2.22. The van der Waals surface area contributed by atoms with E-state index in [9.17, 15) is 9.18 Å². The highest BCUT2D eigenvalue weighted by molar-refractivity contribution is 5.27. The van der Waals surface area contributed by atoms with Gasteiger partial charge < -0.3 is 0 Å². The second-order valence-corrected chi connectivity index (χ2v) is 5.22. The number of hydrogen-bond donors (Lipinski definition) is 0. The Labute approximate surface area is 111 Å². The first kappa shape index (κ1) is 13.5. The molecule has 0 bridgehead atoms. The van der Waals surface area contributed by atoms with Crippen LogP contribution in [-0.2, 0) is 13.5 Å². The largest absolute Gasteiger partial charge is 0.271 e. The van der Waals surface area contributed by atoms with Gasteiger partial charge in [-0.3, -0.25) is 14.0 Å². The van der Waals surface area contributed by atoms with Gasteiger partial charge in [0.15, 0.2) is 5.82 Å². The van der Waals surface area contributed by atoms with Crippen LogP contribution in [0.1, 0.15) is 25.1 Å². The molecule has 19 heavy (non-hydrogen) atoms. The van der Waals surface area contributed by atoms with Gasteiger partial charge in [-0.15, -0.1) is 0 Å². The number of hydrogen-bond acceptors (Lipinski definition) is 2. The second kappa shape index (κ2) is 4.99. The fraction of sp³-hybridized carbons (Fsp3) is 0.429. The molecule has 0 unspecified atom stereocenters. The molecule has 0 aliphatic heterocycles. The lowest BCUT2D eigenvalue weighted by molar-refractivity contribution is 0.591. The van der Waals surface area contributed by atoms with Gasteiger partial charge in [0.1, 0.15) is 5.82 Å². The molecule has 0 saturated carbocycles. The van der Waals surface area contributed by atoms with Gasteiger partial charge in [0.05, 0.1) is 0 Å². The van der Waals surface area contributed by atoms with Crippen LogP contribution in [0.3, 0.4) is 0 Å². The third kappa shape index (κ3) is 2.75. The minimum atomic E-state index is -0.418. The summed E-state index contributed by atoms with van der Waals surface area (Å²) < 4.78 is 16.6. The van der Waals surface area contributed by atoms with Gasteiger partial charge in [-0.25, -0.2) is 4.39 Å². The quantitative estimate of drug-likeness (QED) is 0.851. The molecule has 2 aromatic rings. The van der Waals surface area contributed by atoms with E-state index >= 15 is 0 Å². The number of halogens is 1. The lowest BCUT2D eigenvalue weighted by atomic mass is 10.0. The van der Waals surface area contributed by atoms with Crippen molar-refractivity contribution < 1.29 is 4.39 Å². The summed E-state index contributed by atoms with van der Waals surface area (Å²) in [6.07, 6.45) is 1.75. The summed E-state index contributed by atoms with van der Waals surface area (Å²) in [4.78, 5) is 12.3. The molecule has 4 nitrogen and oxygen atoms in total. The molecule has 2 rings (SSSR count). The van der Waals surface area contributed by atoms with E-state index in [1.807, 2.05) is 20.8 Å². The van der Waals surface area contributed by atoms with Crippen LogP contribution < -0.4 is 5.56 Å². The molecular weight excluding hydrogens is 245 g/mol. The molecule has 0 fully saturated rings. The maximum atomic E-state index is 13.7. The van der Waals surface area contributed by atoms with Crippen LogP contribution in [0, 0.1) is 18.7 Å². The summed E-state index contributed by atoms with van der Waals surface area (Å²) in [5.41, 5.74) is 1.20. The molecule has 2 heterocycles. The number of pyridine rings is 1. The smallest absolute Gasteiger partial charge is 0.259 e. The maximum absolute atomic E-state index is 13.7. The van der Waals surface area contributed by atoms with E-state index in [1.54, 1.807) is 17.8 Å². The predicted molar refractivity (Wildman–Crippen MR) is 72.0 cm³/mol. The lowest BCUT2D eigenvalue weighted by Crippen LogP contribution is -2.24. The summed E-state index contributed by atoms with van der Waals surface area (Å²) in [7, 11) is 1.79. The minimum Gasteiger partial charge on any atom is -0.271 e. The monoisotopic (exact) mass is 263 g/mol. The zero-order chi connectivity index (χ0) is 14.2. The van der Waals surface area contributed by atoms with Crippen LogP contribution in [0.2, 0.25) is 0 Å². The van der Waals surface area contributed by atoms with E-state index < -0.39 is 5.82 Å². The molecule has 2 aromatic heterocycles. The number of aryl methyl sites for hydroxylation is 2. The van der Waals surface area contributed by atoms with Gasteiger partial charge >= 0.3 is 0 Å². The molecule has 0 radical (unpaired) electrons. The highest BCUT2D eigenvalue weighted by Crippen LogP contribution is 2.10. The van der Waals surface area contributed by atoms with Gasteiger partial charge in [-0.2, -0.15) is 5.10 Å². The van der Waals surface area contributed by atoms with E-state index in [-0.39, 0.29) is 5.56 Å². The summed E-state index contributed by atoms with van der Waals surface area (Å²) in [5.74, 6) is 0.335. The summed E-state index contributed by atoms with van der Waals surface area (Å²) >= 11 is 0. The standard InChI is InChI=1S/C14H18FN3O/c1-9(2)5-11-7-12(15)8-18(14(11)19)13-6-10(3)17(4)16-13/h6-9H,5H2,1-4H3. The van der Waals surface area contributed by atoms with E-state index in [0.29, 0.717) is 23.7 Å². The summed E-state index contributed by atoms with van der Waals surface area (Å²) in [5, 5.41) is 4.22. The van der Waals surface area contributed by atoms with Crippen molar-refractivity contribution in [3.63, 3.8) is 0 Å². The number of rotatable bonds is 3. The highest BCUT2D eigenvalue weighted by Gasteiger charge is 2.12. The van der Waals surface area contributed by atoms with Crippen LogP contribution in [0.4, 0.5) is 4.39 Å². The van der Waals surface area contributed by atoms with Crippen LogP contribution in [0.5, 0.6) is 0 Å². The van der Waals surface area contributed by atoms with Gasteiger partial charge in [0.2, 0.25) is 0 Å². The Morgan fingerprint density at radius 2 is 2.05 bits per heavy atom. The molecule has 0 atom stereocenters. The molecule has 5 heteroatoms. The Morgan fingerprint density at radius 1 is 1.37 bits per heavy atom. The second-order valence-electron chi connectivity index (χ2n) is 5.22. The SMILES string of the molecule is Cc1cc(-n2cc(F)cc(CC(C)C)c2=O)nn1C. The number of nitrogens with zero attached hydrogens (tertiary/aromatic N) is 3. The van der Waals surface area contributed by atoms with Crippen LogP contribution in [-0.4, -0.2) is 14.3 Å². The van der Waals surface area contributed by atoms with E-state index in [0.717, 1.165) is 5.69 Å². The Hall–Kier alpha value is -1.91. The zero-order valence-electron chi connectivity index (χ0n) is 11.6. The fourth-order valence-electron chi connectivity index (χ4n) is 2.02. The normalized spacial score (nSPS) is 11.3. The van der Waals surface area contributed by atoms with Crippen molar-refractivity contribution in [2.45, 2.75) is 27.2 Å². The van der Waals surface area contributed by atoms with Crippen molar-refractivity contribution in [2.75, 3.05) is 0 Å². The van der Waals surface area contributed by atoms with Crippen LogP contribution in [0.15, 0.2) is 23.1 Å². The minimum absolute atomic E-state index is 0.201. The molecule has 0 spiro atoms. The van der Waals surface area contributed by atoms with Crippen LogP contribution in [0.25, 0.3) is 5.82 Å². The van der Waals surface area contributed by atoms with Crippen molar-refractivity contribution in [3.05, 3.63) is 45.8 Å². The van der Waals surface area contributed by atoms with Gasteiger partial charge in [-0.05, 0) is 25.3 Å². The first-order valence-electron chi connectivity index (χ1n) is 6.30. The van der Waals surface area contributed by atoms with Crippen molar-refractivity contribution >= 4 is 0 Å². The number of aromatic nitrogens is 3. The zero-order valence-corrected chi connectivity index (χ0v) is 11.6. The molecule has 0 aliphatic carbocycles. The van der Waals surface area contributed by atoms with Crippen molar-refractivity contribution in [3.8, 4) is 5.82 Å². The Bertz CT molecular complexity index is 636. The molecule has 0 amide bonds. The van der Waals surface area contributed by atoms with Crippen molar-refractivity contribution in [1.29, 1.82) is 0 Å². The molecular formula is C14H18FN3O. The third-order valence-electron chi connectivity index (χ3n) is 3.03. The van der Waals surface area contributed by atoms with Crippen LogP contribution >= 0.6 is 0 Å². The van der Waals surface area contributed by atoms with E-state index in [2.05, 4.69) is 5.10 Å². The van der Waals surface area contributed by atoms with E-state index in [4.69, 9.17) is 0 Å². The average molecular weight is 263 g/mol. The first-order chi connectivity index (χ1) is 8.88. The molecule has 0 N–H and O–H groups in total. The summed E-state index contributed by atoms with van der Waals surface area (Å²) in [6, 6.07) is 3.08. The Morgan fingerprint density at radius 3 is 2.58 bits per heavy atom. The Kier molecular flexibility index (Phi) is 3.55. The molecule has 102 valence electrons. The van der Waals surface area contributed by atoms with Crippen molar-refractivity contribution in [1.82, 2.24) is 14.3 Å². The highest BCUT2D eigenvalue weighted by atomic mass is 19.1. The molecule has 0 aliphatic rings. The molecule has 0 saturated heterocycles. The van der Waals surface area contributed by atoms with Gasteiger partial charge in [0, 0.05) is 30.6 Å². The lowest BCUT2D eigenvalue weighted by Gasteiger charge is -2.08. The first-order valence-corrected chi connectivity index (χ1v) is 6.30. The average Bonchev–Trinajstić information content (AvgIpc) is 2.63. The topological polar surface area (TPSA) is 39.8 Å². The van der Waals surface area contributed by atoms with Gasteiger partial charge in [0.25, 0.3) is 5.56 Å². The molecule has 0 aromatic carbocycles. The third-order valence-corrected chi connectivity index (χ3v) is 3.03. The summed E-state index contributed by atoms with van der Waals surface area (Å²) in [6.45, 7) is 5.88. The van der Waals surface area contributed by atoms with E-state index in [1.165, 1.54) is 16.8 Å². The van der Waals surface area contributed by atoms with Crippen molar-refractivity contribution in [2.24, 2.45) is 13.0 Å². The Balaban J connectivity index is 2.57. The van der Waals surface area contributed by atoms with Gasteiger partial charge in [-0.1, -0.05) is 13.8 Å².